The van der Waals surface area contributed by atoms with Crippen LogP contribution in [-0.4, -0.2) is 28.6 Å². The van der Waals surface area contributed by atoms with Crippen molar-refractivity contribution >= 4 is 79.1 Å². The summed E-state index contributed by atoms with van der Waals surface area (Å²) in [5.41, 5.74) is 1.46. The van der Waals surface area contributed by atoms with Gasteiger partial charge in [-0.05, 0) is 55.5 Å². The molecule has 1 amide bonds. The molecule has 0 bridgehead atoms. The summed E-state index contributed by atoms with van der Waals surface area (Å²) in [5, 5.41) is 6.62. The monoisotopic (exact) mass is 453 g/mol. The van der Waals surface area contributed by atoms with Gasteiger partial charge in [0, 0.05) is 5.56 Å². The van der Waals surface area contributed by atoms with Gasteiger partial charge in [0.15, 0.2) is 10.2 Å². The fourth-order valence-electron chi connectivity index (χ4n) is 2.26. The number of aromatic nitrogens is 1. The summed E-state index contributed by atoms with van der Waals surface area (Å²) in [7, 11) is 0. The summed E-state index contributed by atoms with van der Waals surface area (Å²) < 4.78 is 5.78. The third-order valence-electron chi connectivity index (χ3n) is 3.53. The summed E-state index contributed by atoms with van der Waals surface area (Å²) in [5.74, 6) is -0.821. The number of thiocarbonyl (C=S) groups is 1. The topological polar surface area (TPSA) is 80.3 Å². The van der Waals surface area contributed by atoms with Crippen molar-refractivity contribution in [2.75, 3.05) is 11.9 Å². The SMILES string of the molecule is CCOC(=O)c1ccc2nc(NC(=S)NC(=O)c3ccc(Cl)c(Cl)c3)sc2c1. The van der Waals surface area contributed by atoms with Crippen LogP contribution in [0, 0.1) is 0 Å². The van der Waals surface area contributed by atoms with Crippen molar-refractivity contribution in [1.29, 1.82) is 0 Å². The van der Waals surface area contributed by atoms with E-state index in [2.05, 4.69) is 15.6 Å². The summed E-state index contributed by atoms with van der Waals surface area (Å²) in [4.78, 5) is 28.5. The van der Waals surface area contributed by atoms with E-state index in [0.29, 0.717) is 33.4 Å². The molecule has 1 heterocycles. The lowest BCUT2D eigenvalue weighted by atomic mass is 10.2. The first-order chi connectivity index (χ1) is 13.4. The number of thiazole rings is 1. The van der Waals surface area contributed by atoms with Crippen LogP contribution in [-0.2, 0) is 4.74 Å². The second-order valence-electron chi connectivity index (χ2n) is 5.46. The van der Waals surface area contributed by atoms with Gasteiger partial charge in [0.25, 0.3) is 5.91 Å². The quantitative estimate of drug-likeness (QED) is 0.431. The first-order valence-corrected chi connectivity index (χ1v) is 10.0. The van der Waals surface area contributed by atoms with E-state index in [0.717, 1.165) is 4.70 Å². The number of esters is 1. The highest BCUT2D eigenvalue weighted by Crippen LogP contribution is 2.27. The minimum atomic E-state index is -0.429. The molecule has 6 nitrogen and oxygen atoms in total. The van der Waals surface area contributed by atoms with Crippen LogP contribution in [0.25, 0.3) is 10.2 Å². The van der Waals surface area contributed by atoms with Gasteiger partial charge in [-0.15, -0.1) is 0 Å². The van der Waals surface area contributed by atoms with Crippen molar-refractivity contribution in [3.8, 4) is 0 Å². The molecule has 0 radical (unpaired) electrons. The number of rotatable bonds is 4. The van der Waals surface area contributed by atoms with Gasteiger partial charge in [-0.25, -0.2) is 9.78 Å². The standard InChI is InChI=1S/C18H13Cl2N3O3S2/c1-2-26-16(25)10-4-6-13-14(8-10)28-18(21-13)23-17(27)22-15(24)9-3-5-11(19)12(20)7-9/h3-8H,2H2,1H3,(H2,21,22,23,24,27). The van der Waals surface area contributed by atoms with Crippen LogP contribution in [0.5, 0.6) is 0 Å². The third kappa shape index (κ3) is 4.77. The van der Waals surface area contributed by atoms with Gasteiger partial charge in [0.2, 0.25) is 0 Å². The maximum absolute atomic E-state index is 12.3. The van der Waals surface area contributed by atoms with Crippen LogP contribution >= 0.6 is 46.8 Å². The molecule has 0 fully saturated rings. The second kappa shape index (κ2) is 8.83. The van der Waals surface area contributed by atoms with Crippen molar-refractivity contribution < 1.29 is 14.3 Å². The van der Waals surface area contributed by atoms with Crippen molar-refractivity contribution in [3.05, 3.63) is 57.6 Å². The molecule has 10 heteroatoms. The van der Waals surface area contributed by atoms with Gasteiger partial charge < -0.3 is 10.1 Å². The number of halogens is 2. The maximum Gasteiger partial charge on any atom is 0.338 e. The molecular formula is C18H13Cl2N3O3S2. The van der Waals surface area contributed by atoms with Crippen molar-refractivity contribution in [2.24, 2.45) is 0 Å². The molecule has 0 aliphatic heterocycles. The molecule has 1 aromatic heterocycles. The molecule has 0 spiro atoms. The lowest BCUT2D eigenvalue weighted by Gasteiger charge is -2.07. The van der Waals surface area contributed by atoms with E-state index in [9.17, 15) is 9.59 Å². The lowest BCUT2D eigenvalue weighted by molar-refractivity contribution is 0.0526. The van der Waals surface area contributed by atoms with Crippen molar-refractivity contribution in [3.63, 3.8) is 0 Å². The van der Waals surface area contributed by atoms with Crippen LogP contribution in [0.1, 0.15) is 27.6 Å². The first kappa shape index (κ1) is 20.5. The lowest BCUT2D eigenvalue weighted by Crippen LogP contribution is -2.34. The molecule has 0 saturated heterocycles. The number of hydrogen-bond donors (Lipinski definition) is 2. The summed E-state index contributed by atoms with van der Waals surface area (Å²) >= 11 is 18.2. The number of carbonyl (C=O) groups excluding carboxylic acids is 2. The molecule has 0 aliphatic rings. The fraction of sp³-hybridized carbons (Fsp3) is 0.111. The molecule has 144 valence electrons. The van der Waals surface area contributed by atoms with E-state index >= 15 is 0 Å². The second-order valence-corrected chi connectivity index (χ2v) is 7.71. The molecule has 0 unspecified atom stereocenters. The number of fused-ring (bicyclic) bond motifs is 1. The highest BCUT2D eigenvalue weighted by Gasteiger charge is 2.13. The Bertz CT molecular complexity index is 1090. The zero-order valence-electron chi connectivity index (χ0n) is 14.4. The Morgan fingerprint density at radius 1 is 1.14 bits per heavy atom. The first-order valence-electron chi connectivity index (χ1n) is 8.02. The minimum absolute atomic E-state index is 0.0840. The zero-order chi connectivity index (χ0) is 20.3. The van der Waals surface area contributed by atoms with E-state index in [1.165, 1.54) is 23.5 Å². The normalized spacial score (nSPS) is 10.5. The number of hydrogen-bond acceptors (Lipinski definition) is 6. The zero-order valence-corrected chi connectivity index (χ0v) is 17.6. The number of benzene rings is 2. The Morgan fingerprint density at radius 3 is 2.61 bits per heavy atom. The van der Waals surface area contributed by atoms with E-state index in [-0.39, 0.29) is 10.1 Å². The summed E-state index contributed by atoms with van der Waals surface area (Å²) in [6, 6.07) is 9.60. The predicted octanol–water partition coefficient (Wildman–Crippen LogP) is 4.91. The molecule has 0 aliphatic carbocycles. The predicted molar refractivity (Wildman–Crippen MR) is 116 cm³/mol. The van der Waals surface area contributed by atoms with Crippen LogP contribution < -0.4 is 10.6 Å². The Hall–Kier alpha value is -2.26. The van der Waals surface area contributed by atoms with Gasteiger partial charge in [0.05, 0.1) is 32.4 Å². The maximum atomic E-state index is 12.3. The summed E-state index contributed by atoms with van der Waals surface area (Å²) in [6.45, 7) is 2.05. The van der Waals surface area contributed by atoms with E-state index in [1.807, 2.05) is 0 Å². The van der Waals surface area contributed by atoms with Gasteiger partial charge in [-0.1, -0.05) is 34.5 Å². The highest BCUT2D eigenvalue weighted by molar-refractivity contribution is 7.80. The van der Waals surface area contributed by atoms with Crippen LogP contribution in [0.15, 0.2) is 36.4 Å². The van der Waals surface area contributed by atoms with E-state index < -0.39 is 11.9 Å². The molecule has 28 heavy (non-hydrogen) atoms. The van der Waals surface area contributed by atoms with E-state index in [1.54, 1.807) is 31.2 Å². The van der Waals surface area contributed by atoms with Gasteiger partial charge >= 0.3 is 5.97 Å². The average Bonchev–Trinajstić information content (AvgIpc) is 3.05. The largest absolute Gasteiger partial charge is 0.462 e. The number of anilines is 1. The Balaban J connectivity index is 1.69. The molecule has 2 N–H and O–H groups in total. The molecule has 2 aromatic carbocycles. The van der Waals surface area contributed by atoms with Crippen LogP contribution in [0.2, 0.25) is 10.0 Å². The Labute approximate surface area is 179 Å². The van der Waals surface area contributed by atoms with Gasteiger partial charge in [-0.2, -0.15) is 0 Å². The average molecular weight is 454 g/mol. The molecular weight excluding hydrogens is 441 g/mol. The smallest absolute Gasteiger partial charge is 0.338 e. The number of carbonyl (C=O) groups is 2. The van der Waals surface area contributed by atoms with E-state index in [4.69, 9.17) is 40.2 Å². The number of nitrogens with zero attached hydrogens (tertiary/aromatic N) is 1. The molecule has 0 atom stereocenters. The molecule has 0 saturated carbocycles. The van der Waals surface area contributed by atoms with Gasteiger partial charge in [0.1, 0.15) is 0 Å². The Morgan fingerprint density at radius 2 is 1.89 bits per heavy atom. The third-order valence-corrected chi connectivity index (χ3v) is 5.41. The van der Waals surface area contributed by atoms with Crippen LogP contribution in [0.3, 0.4) is 0 Å². The number of ether oxygens (including phenoxy) is 1. The van der Waals surface area contributed by atoms with Crippen LogP contribution in [0.4, 0.5) is 5.13 Å². The molecule has 3 aromatic rings. The van der Waals surface area contributed by atoms with Gasteiger partial charge in [-0.3, -0.25) is 10.1 Å². The van der Waals surface area contributed by atoms with Crippen molar-refractivity contribution in [2.45, 2.75) is 6.92 Å². The highest BCUT2D eigenvalue weighted by atomic mass is 35.5. The Kier molecular flexibility index (Phi) is 6.46. The number of amides is 1. The van der Waals surface area contributed by atoms with Crippen molar-refractivity contribution in [1.82, 2.24) is 10.3 Å². The fourth-order valence-corrected chi connectivity index (χ4v) is 3.72. The molecule has 3 rings (SSSR count). The summed E-state index contributed by atoms with van der Waals surface area (Å²) in [6.07, 6.45) is 0. The number of nitrogens with one attached hydrogen (secondary N) is 2. The minimum Gasteiger partial charge on any atom is -0.462 e.